The number of carbonyl (C=O) groups is 1. The van der Waals surface area contributed by atoms with Gasteiger partial charge in [0, 0.05) is 17.6 Å². The van der Waals surface area contributed by atoms with Gasteiger partial charge in [-0.05, 0) is 18.2 Å². The number of benzene rings is 1. The summed E-state index contributed by atoms with van der Waals surface area (Å²) in [5.74, 6) is -0.453. The van der Waals surface area contributed by atoms with Gasteiger partial charge in [0.1, 0.15) is 17.2 Å². The van der Waals surface area contributed by atoms with Gasteiger partial charge in [-0.2, -0.15) is 0 Å². The SMILES string of the molecule is Cn1cnc(-c2cc(Cl)ccc2F)c1C=O. The predicted molar refractivity (Wildman–Crippen MR) is 59.0 cm³/mol. The molecule has 0 radical (unpaired) electrons. The van der Waals surface area contributed by atoms with Crippen molar-refractivity contribution < 1.29 is 9.18 Å². The van der Waals surface area contributed by atoms with Gasteiger partial charge >= 0.3 is 0 Å². The molecular weight excluding hydrogens is 231 g/mol. The highest BCUT2D eigenvalue weighted by Gasteiger charge is 2.14. The van der Waals surface area contributed by atoms with Crippen LogP contribution >= 0.6 is 11.6 Å². The van der Waals surface area contributed by atoms with Gasteiger partial charge in [-0.1, -0.05) is 11.6 Å². The van der Waals surface area contributed by atoms with Crippen molar-refractivity contribution in [3.05, 3.63) is 41.1 Å². The Bertz CT molecular complexity index is 551. The van der Waals surface area contributed by atoms with E-state index in [1.807, 2.05) is 0 Å². The molecule has 0 spiro atoms. The summed E-state index contributed by atoms with van der Waals surface area (Å²) in [6, 6.07) is 4.15. The van der Waals surface area contributed by atoms with Gasteiger partial charge in [0.15, 0.2) is 6.29 Å². The zero-order chi connectivity index (χ0) is 11.7. The Kier molecular flexibility index (Phi) is 2.75. The van der Waals surface area contributed by atoms with Crippen LogP contribution in [-0.4, -0.2) is 15.8 Å². The van der Waals surface area contributed by atoms with Crippen LogP contribution in [0.4, 0.5) is 4.39 Å². The lowest BCUT2D eigenvalue weighted by atomic mass is 10.1. The minimum Gasteiger partial charge on any atom is -0.331 e. The quantitative estimate of drug-likeness (QED) is 0.754. The highest BCUT2D eigenvalue weighted by molar-refractivity contribution is 6.30. The average Bonchev–Trinajstić information content (AvgIpc) is 2.63. The van der Waals surface area contributed by atoms with Crippen LogP contribution in [0.25, 0.3) is 11.3 Å². The Morgan fingerprint density at radius 2 is 2.25 bits per heavy atom. The highest BCUT2D eigenvalue weighted by atomic mass is 35.5. The second-order valence-electron chi connectivity index (χ2n) is 3.33. The zero-order valence-corrected chi connectivity index (χ0v) is 9.20. The lowest BCUT2D eigenvalue weighted by Crippen LogP contribution is -1.95. The number of aryl methyl sites for hydroxylation is 1. The molecule has 1 aromatic carbocycles. The smallest absolute Gasteiger partial charge is 0.168 e. The van der Waals surface area contributed by atoms with E-state index < -0.39 is 5.82 Å². The van der Waals surface area contributed by atoms with Crippen molar-refractivity contribution in [2.24, 2.45) is 7.05 Å². The molecule has 2 aromatic rings. The van der Waals surface area contributed by atoms with Crippen LogP contribution in [0.2, 0.25) is 5.02 Å². The van der Waals surface area contributed by atoms with Crippen LogP contribution in [0, 0.1) is 5.82 Å². The van der Waals surface area contributed by atoms with E-state index in [9.17, 15) is 9.18 Å². The summed E-state index contributed by atoms with van der Waals surface area (Å²) in [4.78, 5) is 14.9. The molecule has 0 atom stereocenters. The Balaban J connectivity index is 2.66. The van der Waals surface area contributed by atoms with Crippen molar-refractivity contribution in [1.82, 2.24) is 9.55 Å². The third kappa shape index (κ3) is 1.72. The second-order valence-corrected chi connectivity index (χ2v) is 3.77. The topological polar surface area (TPSA) is 34.9 Å². The number of carbonyl (C=O) groups excluding carboxylic acids is 1. The number of aromatic nitrogens is 2. The maximum absolute atomic E-state index is 13.6. The van der Waals surface area contributed by atoms with Gasteiger partial charge < -0.3 is 4.57 Å². The van der Waals surface area contributed by atoms with Crippen molar-refractivity contribution in [2.45, 2.75) is 0 Å². The van der Waals surface area contributed by atoms with E-state index in [2.05, 4.69) is 4.98 Å². The van der Waals surface area contributed by atoms with E-state index in [1.54, 1.807) is 7.05 Å². The molecule has 0 amide bonds. The molecule has 1 aromatic heterocycles. The molecule has 82 valence electrons. The summed E-state index contributed by atoms with van der Waals surface area (Å²) in [6.07, 6.45) is 2.10. The van der Waals surface area contributed by atoms with Crippen LogP contribution in [0.1, 0.15) is 10.5 Å². The summed E-state index contributed by atoms with van der Waals surface area (Å²) in [6.45, 7) is 0. The van der Waals surface area contributed by atoms with E-state index >= 15 is 0 Å². The molecule has 0 aliphatic heterocycles. The molecule has 1 heterocycles. The highest BCUT2D eigenvalue weighted by Crippen LogP contribution is 2.26. The van der Waals surface area contributed by atoms with Crippen molar-refractivity contribution in [2.75, 3.05) is 0 Å². The first kappa shape index (κ1) is 10.8. The first-order chi connectivity index (χ1) is 7.63. The summed E-state index contributed by atoms with van der Waals surface area (Å²) in [5, 5.41) is 0.402. The molecule has 3 nitrogen and oxygen atoms in total. The van der Waals surface area contributed by atoms with E-state index in [1.165, 1.54) is 29.1 Å². The van der Waals surface area contributed by atoms with Gasteiger partial charge in [-0.15, -0.1) is 0 Å². The van der Waals surface area contributed by atoms with E-state index in [0.29, 0.717) is 22.7 Å². The number of hydrogen-bond acceptors (Lipinski definition) is 2. The summed E-state index contributed by atoms with van der Waals surface area (Å²) in [5.41, 5.74) is 0.855. The number of nitrogens with zero attached hydrogens (tertiary/aromatic N) is 2. The number of aldehydes is 1. The molecule has 16 heavy (non-hydrogen) atoms. The third-order valence-electron chi connectivity index (χ3n) is 2.28. The molecule has 0 N–H and O–H groups in total. The maximum Gasteiger partial charge on any atom is 0.168 e. The van der Waals surface area contributed by atoms with Gasteiger partial charge in [0.05, 0.1) is 6.33 Å². The van der Waals surface area contributed by atoms with Crippen molar-refractivity contribution in [3.8, 4) is 11.3 Å². The molecule has 0 aliphatic rings. The predicted octanol–water partition coefficient (Wildman–Crippen LogP) is 2.69. The molecule has 0 aliphatic carbocycles. The second kappa shape index (κ2) is 4.06. The number of halogens is 2. The number of rotatable bonds is 2. The van der Waals surface area contributed by atoms with Gasteiger partial charge in [-0.25, -0.2) is 9.37 Å². The van der Waals surface area contributed by atoms with Crippen LogP contribution in [0.5, 0.6) is 0 Å². The van der Waals surface area contributed by atoms with Gasteiger partial charge in [-0.3, -0.25) is 4.79 Å². The first-order valence-electron chi connectivity index (χ1n) is 4.55. The normalized spacial score (nSPS) is 10.4. The van der Waals surface area contributed by atoms with Crippen LogP contribution in [0.15, 0.2) is 24.5 Å². The molecule has 0 saturated heterocycles. The molecule has 2 rings (SSSR count). The Labute approximate surface area is 96.5 Å². The van der Waals surface area contributed by atoms with Crippen LogP contribution < -0.4 is 0 Å². The Morgan fingerprint density at radius 1 is 1.50 bits per heavy atom. The molecule has 0 fully saturated rings. The van der Waals surface area contributed by atoms with E-state index in [4.69, 9.17) is 11.6 Å². The van der Waals surface area contributed by atoms with Crippen molar-refractivity contribution in [3.63, 3.8) is 0 Å². The molecule has 0 bridgehead atoms. The minimum absolute atomic E-state index is 0.232. The van der Waals surface area contributed by atoms with Crippen LogP contribution in [-0.2, 0) is 7.05 Å². The van der Waals surface area contributed by atoms with Crippen molar-refractivity contribution in [1.29, 1.82) is 0 Å². The van der Waals surface area contributed by atoms with Crippen molar-refractivity contribution >= 4 is 17.9 Å². The van der Waals surface area contributed by atoms with Gasteiger partial charge in [0.25, 0.3) is 0 Å². The lowest BCUT2D eigenvalue weighted by Gasteiger charge is -2.02. The molecule has 5 heteroatoms. The fourth-order valence-electron chi connectivity index (χ4n) is 1.47. The van der Waals surface area contributed by atoms with E-state index in [0.717, 1.165) is 0 Å². The number of imidazole rings is 1. The first-order valence-corrected chi connectivity index (χ1v) is 4.93. The molecule has 0 unspecified atom stereocenters. The van der Waals surface area contributed by atoms with Gasteiger partial charge in [0.2, 0.25) is 0 Å². The number of hydrogen-bond donors (Lipinski definition) is 0. The third-order valence-corrected chi connectivity index (χ3v) is 2.51. The summed E-state index contributed by atoms with van der Waals surface area (Å²) in [7, 11) is 1.67. The fraction of sp³-hybridized carbons (Fsp3) is 0.0909. The van der Waals surface area contributed by atoms with E-state index in [-0.39, 0.29) is 5.56 Å². The Hall–Kier alpha value is -1.68. The standard InChI is InChI=1S/C11H8ClFN2O/c1-15-6-14-11(10(15)5-16)8-4-7(12)2-3-9(8)13/h2-6H,1H3. The maximum atomic E-state index is 13.6. The monoisotopic (exact) mass is 238 g/mol. The van der Waals surface area contributed by atoms with Crippen LogP contribution in [0.3, 0.4) is 0 Å². The minimum atomic E-state index is -0.453. The largest absolute Gasteiger partial charge is 0.331 e. The zero-order valence-electron chi connectivity index (χ0n) is 8.45. The summed E-state index contributed by atoms with van der Waals surface area (Å²) >= 11 is 5.78. The average molecular weight is 239 g/mol. The molecule has 0 saturated carbocycles. The fourth-order valence-corrected chi connectivity index (χ4v) is 1.64. The summed E-state index contributed by atoms with van der Waals surface area (Å²) < 4.78 is 15.1. The Morgan fingerprint density at radius 3 is 2.94 bits per heavy atom. The molecular formula is C11H8ClFN2O. The lowest BCUT2D eigenvalue weighted by molar-refractivity contribution is 0.111.